The maximum absolute atomic E-state index is 12.5. The lowest BCUT2D eigenvalue weighted by Crippen LogP contribution is -2.38. The molecule has 2 aromatic rings. The average molecular weight is 410 g/mol. The molecule has 6 nitrogen and oxygen atoms in total. The summed E-state index contributed by atoms with van der Waals surface area (Å²) in [5.74, 6) is 0.967. The van der Waals surface area contributed by atoms with Gasteiger partial charge < -0.3 is 20.3 Å². The Morgan fingerprint density at radius 2 is 1.83 bits per heavy atom. The van der Waals surface area contributed by atoms with E-state index in [9.17, 15) is 9.59 Å². The summed E-state index contributed by atoms with van der Waals surface area (Å²) in [6, 6.07) is 15.6. The highest BCUT2D eigenvalue weighted by molar-refractivity contribution is 5.77. The number of carbonyl (C=O) groups excluding carboxylic acids is 2. The minimum atomic E-state index is -0.226. The first-order valence-electron chi connectivity index (χ1n) is 10.7. The minimum Gasteiger partial charge on any atom is -0.494 e. The fourth-order valence-corrected chi connectivity index (χ4v) is 3.66. The molecule has 6 heteroatoms. The number of urea groups is 1. The van der Waals surface area contributed by atoms with E-state index in [0.29, 0.717) is 32.5 Å². The number of benzene rings is 2. The standard InChI is InChI=1S/C24H31N3O3/c1-3-30-22-12-10-19(11-13-22)18(2)26-24(29)25-15-6-9-23(28)27-16-14-20-7-4-5-8-21(20)17-27/h4-5,7-8,10-13,18H,3,6,9,14-17H2,1-2H3,(H2,25,26,29). The third kappa shape index (κ3) is 5.99. The van der Waals surface area contributed by atoms with Crippen LogP contribution in [0, 0.1) is 0 Å². The Morgan fingerprint density at radius 1 is 1.10 bits per heavy atom. The van der Waals surface area contributed by atoms with Crippen molar-refractivity contribution < 1.29 is 14.3 Å². The maximum Gasteiger partial charge on any atom is 0.315 e. The molecule has 1 heterocycles. The molecule has 0 aliphatic carbocycles. The van der Waals surface area contributed by atoms with E-state index >= 15 is 0 Å². The SMILES string of the molecule is CCOc1ccc(C(C)NC(=O)NCCCC(=O)N2CCc3ccccc3C2)cc1. The molecule has 0 fully saturated rings. The number of fused-ring (bicyclic) bond motifs is 1. The van der Waals surface area contributed by atoms with Crippen molar-refractivity contribution in [2.24, 2.45) is 0 Å². The molecule has 2 aromatic carbocycles. The van der Waals surface area contributed by atoms with Crippen LogP contribution in [-0.2, 0) is 17.8 Å². The molecule has 30 heavy (non-hydrogen) atoms. The number of nitrogens with zero attached hydrogens (tertiary/aromatic N) is 1. The van der Waals surface area contributed by atoms with Crippen molar-refractivity contribution in [1.82, 2.24) is 15.5 Å². The highest BCUT2D eigenvalue weighted by Gasteiger charge is 2.19. The third-order valence-electron chi connectivity index (χ3n) is 5.38. The monoisotopic (exact) mass is 409 g/mol. The van der Waals surface area contributed by atoms with Gasteiger partial charge in [0.15, 0.2) is 0 Å². The first-order chi connectivity index (χ1) is 14.6. The number of carbonyl (C=O) groups is 2. The van der Waals surface area contributed by atoms with E-state index in [2.05, 4.69) is 22.8 Å². The summed E-state index contributed by atoms with van der Waals surface area (Å²) in [6.07, 6.45) is 1.98. The molecular weight excluding hydrogens is 378 g/mol. The number of amides is 3. The second-order valence-corrected chi connectivity index (χ2v) is 7.56. The van der Waals surface area contributed by atoms with Gasteiger partial charge in [0.2, 0.25) is 5.91 Å². The van der Waals surface area contributed by atoms with Gasteiger partial charge in [-0.1, -0.05) is 36.4 Å². The van der Waals surface area contributed by atoms with Crippen molar-refractivity contribution >= 4 is 11.9 Å². The molecule has 2 N–H and O–H groups in total. The quantitative estimate of drug-likeness (QED) is 0.652. The van der Waals surface area contributed by atoms with Crippen LogP contribution in [0.5, 0.6) is 5.75 Å². The highest BCUT2D eigenvalue weighted by atomic mass is 16.5. The first kappa shape index (κ1) is 21.7. The highest BCUT2D eigenvalue weighted by Crippen LogP contribution is 2.19. The summed E-state index contributed by atoms with van der Waals surface area (Å²) in [4.78, 5) is 26.5. The molecule has 0 radical (unpaired) electrons. The normalized spacial score (nSPS) is 13.9. The van der Waals surface area contributed by atoms with Gasteiger partial charge in [0.25, 0.3) is 0 Å². The van der Waals surface area contributed by atoms with Crippen LogP contribution in [0.1, 0.15) is 49.4 Å². The summed E-state index contributed by atoms with van der Waals surface area (Å²) in [6.45, 7) is 6.43. The third-order valence-corrected chi connectivity index (χ3v) is 5.38. The number of rotatable bonds is 8. The largest absolute Gasteiger partial charge is 0.494 e. The Morgan fingerprint density at radius 3 is 2.57 bits per heavy atom. The van der Waals surface area contributed by atoms with Gasteiger partial charge in [-0.05, 0) is 55.5 Å². The lowest BCUT2D eigenvalue weighted by molar-refractivity contribution is -0.132. The van der Waals surface area contributed by atoms with Crippen LogP contribution in [-0.4, -0.2) is 36.5 Å². The van der Waals surface area contributed by atoms with Gasteiger partial charge in [-0.2, -0.15) is 0 Å². The summed E-state index contributed by atoms with van der Waals surface area (Å²) < 4.78 is 5.44. The second-order valence-electron chi connectivity index (χ2n) is 7.56. The van der Waals surface area contributed by atoms with Crippen LogP contribution >= 0.6 is 0 Å². The van der Waals surface area contributed by atoms with Crippen molar-refractivity contribution in [3.63, 3.8) is 0 Å². The molecule has 3 rings (SSSR count). The molecule has 1 aliphatic rings. The Hall–Kier alpha value is -3.02. The lowest BCUT2D eigenvalue weighted by Gasteiger charge is -2.29. The van der Waals surface area contributed by atoms with Gasteiger partial charge in [-0.15, -0.1) is 0 Å². The van der Waals surface area contributed by atoms with Gasteiger partial charge >= 0.3 is 6.03 Å². The number of nitrogens with one attached hydrogen (secondary N) is 2. The first-order valence-corrected chi connectivity index (χ1v) is 10.7. The van der Waals surface area contributed by atoms with E-state index in [0.717, 1.165) is 24.3 Å². The minimum absolute atomic E-state index is 0.115. The van der Waals surface area contributed by atoms with Gasteiger partial charge in [-0.25, -0.2) is 4.79 Å². The molecule has 1 atom stereocenters. The van der Waals surface area contributed by atoms with Crippen LogP contribution in [0.2, 0.25) is 0 Å². The van der Waals surface area contributed by atoms with E-state index < -0.39 is 0 Å². The maximum atomic E-state index is 12.5. The molecule has 0 saturated heterocycles. The van der Waals surface area contributed by atoms with E-state index in [1.165, 1.54) is 11.1 Å². The van der Waals surface area contributed by atoms with Crippen LogP contribution in [0.15, 0.2) is 48.5 Å². The van der Waals surface area contributed by atoms with Crippen LogP contribution in [0.3, 0.4) is 0 Å². The average Bonchev–Trinajstić information content (AvgIpc) is 2.77. The zero-order chi connectivity index (χ0) is 21.3. The summed E-state index contributed by atoms with van der Waals surface area (Å²) in [5.41, 5.74) is 3.58. The van der Waals surface area contributed by atoms with Gasteiger partial charge in [0.05, 0.1) is 12.6 Å². The van der Waals surface area contributed by atoms with Crippen LogP contribution in [0.25, 0.3) is 0 Å². The summed E-state index contributed by atoms with van der Waals surface area (Å²) in [7, 11) is 0. The van der Waals surface area contributed by atoms with Gasteiger partial charge in [0.1, 0.15) is 5.75 Å². The molecule has 0 aromatic heterocycles. The fourth-order valence-electron chi connectivity index (χ4n) is 3.66. The number of ether oxygens (including phenoxy) is 1. The predicted molar refractivity (Wildman–Crippen MR) is 117 cm³/mol. The fraction of sp³-hybridized carbons (Fsp3) is 0.417. The predicted octanol–water partition coefficient (Wildman–Crippen LogP) is 3.81. The smallest absolute Gasteiger partial charge is 0.315 e. The Bertz CT molecular complexity index is 851. The zero-order valence-corrected chi connectivity index (χ0v) is 17.8. The van der Waals surface area contributed by atoms with Crippen molar-refractivity contribution in [2.45, 2.75) is 45.7 Å². The molecule has 160 valence electrons. The second kappa shape index (κ2) is 10.7. The lowest BCUT2D eigenvalue weighted by atomic mass is 9.99. The molecule has 1 aliphatic heterocycles. The number of hydrogen-bond acceptors (Lipinski definition) is 3. The Labute approximate surface area is 178 Å². The van der Waals surface area contributed by atoms with Crippen LogP contribution < -0.4 is 15.4 Å². The molecule has 0 spiro atoms. The van der Waals surface area contributed by atoms with Crippen molar-refractivity contribution in [2.75, 3.05) is 19.7 Å². The zero-order valence-electron chi connectivity index (χ0n) is 17.8. The molecule has 1 unspecified atom stereocenters. The van der Waals surface area contributed by atoms with Gasteiger partial charge in [-0.3, -0.25) is 4.79 Å². The molecule has 0 bridgehead atoms. The van der Waals surface area contributed by atoms with E-state index in [-0.39, 0.29) is 18.0 Å². The Kier molecular flexibility index (Phi) is 7.71. The van der Waals surface area contributed by atoms with Crippen LogP contribution in [0.4, 0.5) is 4.79 Å². The summed E-state index contributed by atoms with van der Waals surface area (Å²) >= 11 is 0. The topological polar surface area (TPSA) is 70.7 Å². The van der Waals surface area contributed by atoms with E-state index in [1.54, 1.807) is 0 Å². The molecular formula is C24H31N3O3. The van der Waals surface area contributed by atoms with Gasteiger partial charge in [0, 0.05) is 26.1 Å². The molecule has 0 saturated carbocycles. The molecule has 3 amide bonds. The number of hydrogen-bond donors (Lipinski definition) is 2. The Balaban J connectivity index is 1.35. The van der Waals surface area contributed by atoms with Crippen molar-refractivity contribution in [1.29, 1.82) is 0 Å². The van der Waals surface area contributed by atoms with Crippen molar-refractivity contribution in [3.05, 3.63) is 65.2 Å². The summed E-state index contributed by atoms with van der Waals surface area (Å²) in [5, 5.41) is 5.77. The van der Waals surface area contributed by atoms with E-state index in [4.69, 9.17) is 4.74 Å². The van der Waals surface area contributed by atoms with E-state index in [1.807, 2.05) is 55.1 Å². The van der Waals surface area contributed by atoms with Crippen molar-refractivity contribution in [3.8, 4) is 5.75 Å².